The summed E-state index contributed by atoms with van der Waals surface area (Å²) in [7, 11) is 0. The number of carbonyl (C=O) groups excluding carboxylic acids is 3. The highest BCUT2D eigenvalue weighted by atomic mass is 32.1. The molecule has 2 rings (SSSR count). The zero-order chi connectivity index (χ0) is 20.4. The fourth-order valence-corrected chi connectivity index (χ4v) is 3.25. The monoisotopic (exact) mass is 402 g/mol. The van der Waals surface area contributed by atoms with Gasteiger partial charge in [0.15, 0.2) is 6.61 Å². The minimum Gasteiger partial charge on any atom is -0.452 e. The molecule has 28 heavy (non-hydrogen) atoms. The van der Waals surface area contributed by atoms with Crippen molar-refractivity contribution in [2.24, 2.45) is 0 Å². The molecule has 2 amide bonds. The molecule has 1 heterocycles. The Balaban J connectivity index is 1.82. The number of anilines is 1. The molecule has 150 valence electrons. The Labute approximate surface area is 169 Å². The van der Waals surface area contributed by atoms with Gasteiger partial charge in [0.25, 0.3) is 11.8 Å². The van der Waals surface area contributed by atoms with Crippen LogP contribution < -0.4 is 10.6 Å². The van der Waals surface area contributed by atoms with Crippen molar-refractivity contribution in [2.45, 2.75) is 45.6 Å². The van der Waals surface area contributed by atoms with E-state index >= 15 is 0 Å². The summed E-state index contributed by atoms with van der Waals surface area (Å²) >= 11 is 1.33. The Bertz CT molecular complexity index is 789. The summed E-state index contributed by atoms with van der Waals surface area (Å²) in [5.74, 6) is -1.17. The van der Waals surface area contributed by atoms with Gasteiger partial charge in [0.05, 0.1) is 10.4 Å². The van der Waals surface area contributed by atoms with Gasteiger partial charge in [0, 0.05) is 11.7 Å². The molecule has 7 heteroatoms. The second-order valence-corrected chi connectivity index (χ2v) is 7.50. The van der Waals surface area contributed by atoms with E-state index in [9.17, 15) is 14.4 Å². The second-order valence-electron chi connectivity index (χ2n) is 6.55. The third kappa shape index (κ3) is 7.15. The second kappa shape index (κ2) is 11.2. The third-order valence-electron chi connectivity index (χ3n) is 4.08. The van der Waals surface area contributed by atoms with Crippen LogP contribution in [0.15, 0.2) is 41.8 Å². The van der Waals surface area contributed by atoms with Crippen LogP contribution in [0.25, 0.3) is 0 Å². The molecule has 2 N–H and O–H groups in total. The van der Waals surface area contributed by atoms with Gasteiger partial charge in [-0.3, -0.25) is 9.59 Å². The van der Waals surface area contributed by atoms with E-state index in [4.69, 9.17) is 4.74 Å². The maximum absolute atomic E-state index is 12.2. The standard InChI is InChI=1S/C21H26N2O4S/c1-3-4-5-8-15(2)22-19(24)14-27-21(26)16-9-6-10-17(13-16)23-20(25)18-11-7-12-28-18/h6-7,9-13,15H,3-5,8,14H2,1-2H3,(H,22,24)(H,23,25)/t15-/m1/s1. The lowest BCUT2D eigenvalue weighted by molar-refractivity contribution is -0.124. The van der Waals surface area contributed by atoms with Gasteiger partial charge in [-0.05, 0) is 43.0 Å². The van der Waals surface area contributed by atoms with Crippen molar-refractivity contribution < 1.29 is 19.1 Å². The average molecular weight is 403 g/mol. The largest absolute Gasteiger partial charge is 0.452 e. The third-order valence-corrected chi connectivity index (χ3v) is 4.95. The first-order chi connectivity index (χ1) is 13.5. The molecule has 0 saturated heterocycles. The zero-order valence-corrected chi connectivity index (χ0v) is 17.0. The first kappa shape index (κ1) is 21.6. The number of amides is 2. The van der Waals surface area contributed by atoms with Gasteiger partial charge in [-0.15, -0.1) is 11.3 Å². The van der Waals surface area contributed by atoms with Crippen molar-refractivity contribution in [1.82, 2.24) is 5.32 Å². The molecule has 1 aromatic carbocycles. The highest BCUT2D eigenvalue weighted by Gasteiger charge is 2.13. The fraction of sp³-hybridized carbons (Fsp3) is 0.381. The van der Waals surface area contributed by atoms with Gasteiger partial charge in [-0.1, -0.05) is 38.3 Å². The van der Waals surface area contributed by atoms with Crippen LogP contribution in [-0.2, 0) is 9.53 Å². The molecule has 0 spiro atoms. The molecule has 0 saturated carbocycles. The van der Waals surface area contributed by atoms with E-state index in [-0.39, 0.29) is 30.0 Å². The van der Waals surface area contributed by atoms with Crippen molar-refractivity contribution in [2.75, 3.05) is 11.9 Å². The topological polar surface area (TPSA) is 84.5 Å². The number of rotatable bonds is 10. The predicted molar refractivity (Wildman–Crippen MR) is 111 cm³/mol. The number of unbranched alkanes of at least 4 members (excludes halogenated alkanes) is 2. The Hall–Kier alpha value is -2.67. The fourth-order valence-electron chi connectivity index (χ4n) is 2.63. The Morgan fingerprint density at radius 1 is 1.14 bits per heavy atom. The highest BCUT2D eigenvalue weighted by molar-refractivity contribution is 7.12. The van der Waals surface area contributed by atoms with Gasteiger partial charge in [0.2, 0.25) is 0 Å². The number of nitrogens with one attached hydrogen (secondary N) is 2. The van der Waals surface area contributed by atoms with Crippen molar-refractivity contribution in [3.8, 4) is 0 Å². The van der Waals surface area contributed by atoms with Crippen LogP contribution in [0.4, 0.5) is 5.69 Å². The first-order valence-electron chi connectivity index (χ1n) is 9.41. The van der Waals surface area contributed by atoms with Crippen molar-refractivity contribution in [3.05, 3.63) is 52.2 Å². The minimum absolute atomic E-state index is 0.0496. The van der Waals surface area contributed by atoms with Crippen LogP contribution in [-0.4, -0.2) is 30.4 Å². The summed E-state index contributed by atoms with van der Waals surface area (Å²) in [5, 5.41) is 7.38. The Morgan fingerprint density at radius 2 is 1.96 bits per heavy atom. The lowest BCUT2D eigenvalue weighted by Crippen LogP contribution is -2.35. The van der Waals surface area contributed by atoms with Gasteiger partial charge >= 0.3 is 5.97 Å². The number of carbonyl (C=O) groups is 3. The highest BCUT2D eigenvalue weighted by Crippen LogP contribution is 2.15. The summed E-state index contributed by atoms with van der Waals surface area (Å²) < 4.78 is 5.09. The van der Waals surface area contributed by atoms with Gasteiger partial charge in [-0.25, -0.2) is 4.79 Å². The Morgan fingerprint density at radius 3 is 2.68 bits per heavy atom. The first-order valence-corrected chi connectivity index (χ1v) is 10.3. The molecule has 1 atom stereocenters. The van der Waals surface area contributed by atoms with Crippen LogP contribution in [0.2, 0.25) is 0 Å². The lowest BCUT2D eigenvalue weighted by Gasteiger charge is -2.13. The molecule has 0 fully saturated rings. The summed E-state index contributed by atoms with van der Waals surface area (Å²) in [4.78, 5) is 36.8. The molecule has 2 aromatic rings. The summed E-state index contributed by atoms with van der Waals surface area (Å²) in [6, 6.07) is 10.0. The van der Waals surface area contributed by atoms with E-state index in [1.54, 1.807) is 30.3 Å². The maximum atomic E-state index is 12.2. The lowest BCUT2D eigenvalue weighted by atomic mass is 10.1. The number of ether oxygens (including phenoxy) is 1. The average Bonchev–Trinajstić information content (AvgIpc) is 3.21. The number of hydrogen-bond donors (Lipinski definition) is 2. The normalized spacial score (nSPS) is 11.5. The minimum atomic E-state index is -0.610. The van der Waals surface area contributed by atoms with Crippen LogP contribution in [0.3, 0.4) is 0 Å². The van der Waals surface area contributed by atoms with Crippen molar-refractivity contribution in [1.29, 1.82) is 0 Å². The van der Waals surface area contributed by atoms with Gasteiger partial charge < -0.3 is 15.4 Å². The van der Waals surface area contributed by atoms with Crippen LogP contribution in [0.5, 0.6) is 0 Å². The molecule has 0 aliphatic heterocycles. The van der Waals surface area contributed by atoms with Crippen LogP contribution in [0, 0.1) is 0 Å². The van der Waals surface area contributed by atoms with E-state index in [1.807, 2.05) is 12.3 Å². The molecule has 0 unspecified atom stereocenters. The molecule has 6 nitrogen and oxygen atoms in total. The number of esters is 1. The number of hydrogen-bond acceptors (Lipinski definition) is 5. The number of thiophene rings is 1. The molecule has 1 aromatic heterocycles. The molecule has 0 aliphatic carbocycles. The summed E-state index contributed by atoms with van der Waals surface area (Å²) in [6.07, 6.45) is 4.22. The van der Waals surface area contributed by atoms with E-state index < -0.39 is 5.97 Å². The summed E-state index contributed by atoms with van der Waals surface area (Å²) in [5.41, 5.74) is 0.759. The predicted octanol–water partition coefficient (Wildman–Crippen LogP) is 4.24. The van der Waals surface area contributed by atoms with Crippen LogP contribution >= 0.6 is 11.3 Å². The van der Waals surface area contributed by atoms with E-state index in [2.05, 4.69) is 17.6 Å². The molecular formula is C21H26N2O4S. The molecule has 0 radical (unpaired) electrons. The maximum Gasteiger partial charge on any atom is 0.338 e. The number of benzene rings is 1. The summed E-state index contributed by atoms with van der Waals surface area (Å²) in [6.45, 7) is 3.74. The van der Waals surface area contributed by atoms with Crippen LogP contribution in [0.1, 0.15) is 59.6 Å². The van der Waals surface area contributed by atoms with E-state index in [0.717, 1.165) is 25.7 Å². The smallest absolute Gasteiger partial charge is 0.338 e. The zero-order valence-electron chi connectivity index (χ0n) is 16.2. The van der Waals surface area contributed by atoms with Gasteiger partial charge in [0.1, 0.15) is 0 Å². The quantitative estimate of drug-likeness (QED) is 0.460. The van der Waals surface area contributed by atoms with E-state index in [0.29, 0.717) is 10.6 Å². The molecule has 0 aliphatic rings. The SMILES string of the molecule is CCCCC[C@@H](C)NC(=O)COC(=O)c1cccc(NC(=O)c2cccs2)c1. The molecular weight excluding hydrogens is 376 g/mol. The van der Waals surface area contributed by atoms with Crippen molar-refractivity contribution >= 4 is 34.8 Å². The van der Waals surface area contributed by atoms with E-state index in [1.165, 1.54) is 17.4 Å². The molecule has 0 bridgehead atoms. The Kier molecular flexibility index (Phi) is 8.68. The van der Waals surface area contributed by atoms with Crippen molar-refractivity contribution in [3.63, 3.8) is 0 Å². The van der Waals surface area contributed by atoms with Gasteiger partial charge in [-0.2, -0.15) is 0 Å².